The number of nitrogens with zero attached hydrogens (tertiary/aromatic N) is 5. The van der Waals surface area contributed by atoms with E-state index in [9.17, 15) is 9.90 Å². The Morgan fingerprint density at radius 3 is 2.61 bits per heavy atom. The molecule has 0 unspecified atom stereocenters. The van der Waals surface area contributed by atoms with Gasteiger partial charge in [-0.1, -0.05) is 41.1 Å². The fourth-order valence-corrected chi connectivity index (χ4v) is 5.28. The number of hydrogen-bond acceptors (Lipinski definition) is 7. The van der Waals surface area contributed by atoms with E-state index in [0.29, 0.717) is 52.6 Å². The first-order valence-corrected chi connectivity index (χ1v) is 11.1. The van der Waals surface area contributed by atoms with E-state index in [1.54, 1.807) is 25.3 Å². The Morgan fingerprint density at radius 1 is 1.19 bits per heavy atom. The number of rotatable bonds is 4. The van der Waals surface area contributed by atoms with Gasteiger partial charge in [0.25, 0.3) is 0 Å². The first-order valence-electron chi connectivity index (χ1n) is 9.89. The smallest absolute Gasteiger partial charge is 0.230 e. The lowest BCUT2D eigenvalue weighted by atomic mass is 10.0. The van der Waals surface area contributed by atoms with E-state index >= 15 is 0 Å². The summed E-state index contributed by atoms with van der Waals surface area (Å²) >= 11 is 7.94. The zero-order chi connectivity index (χ0) is 21.5. The summed E-state index contributed by atoms with van der Waals surface area (Å²) in [5.41, 5.74) is 0.895. The number of benzene rings is 1. The fraction of sp³-hybridized carbons (Fsp3) is 0.286. The quantitative estimate of drug-likeness (QED) is 0.503. The summed E-state index contributed by atoms with van der Waals surface area (Å²) in [5, 5.41) is 16.1. The van der Waals surface area contributed by atoms with Crippen LogP contribution in [0.4, 0.5) is 0 Å². The third-order valence-corrected chi connectivity index (χ3v) is 6.93. The highest BCUT2D eigenvalue weighted by atomic mass is 35.5. The zero-order valence-electron chi connectivity index (χ0n) is 16.7. The second-order valence-electron chi connectivity index (χ2n) is 7.36. The largest absolute Gasteiger partial charge is 0.492 e. The van der Waals surface area contributed by atoms with Crippen molar-refractivity contribution in [3.05, 3.63) is 58.1 Å². The Labute approximate surface area is 187 Å². The van der Waals surface area contributed by atoms with Crippen LogP contribution in [-0.2, 0) is 4.79 Å². The van der Waals surface area contributed by atoms with Gasteiger partial charge in [-0.3, -0.25) is 9.69 Å². The minimum Gasteiger partial charge on any atom is -0.492 e. The van der Waals surface area contributed by atoms with Gasteiger partial charge in [0, 0.05) is 38.1 Å². The predicted molar refractivity (Wildman–Crippen MR) is 117 cm³/mol. The van der Waals surface area contributed by atoms with Gasteiger partial charge in [-0.05, 0) is 23.8 Å². The Morgan fingerprint density at radius 2 is 1.97 bits per heavy atom. The van der Waals surface area contributed by atoms with Crippen LogP contribution >= 0.6 is 22.9 Å². The van der Waals surface area contributed by atoms with Crippen molar-refractivity contribution in [2.45, 2.75) is 13.0 Å². The molecular formula is C21H20ClN5O3S. The molecule has 1 aliphatic heterocycles. The average molecular weight is 458 g/mol. The highest BCUT2D eigenvalue weighted by molar-refractivity contribution is 7.17. The molecule has 1 amide bonds. The Bertz CT molecular complexity index is 1230. The van der Waals surface area contributed by atoms with Crippen molar-refractivity contribution in [1.82, 2.24) is 24.4 Å². The number of hydrogen-bond donors (Lipinski definition) is 1. The number of furan rings is 1. The van der Waals surface area contributed by atoms with Crippen molar-refractivity contribution in [2.75, 3.05) is 26.2 Å². The third kappa shape index (κ3) is 3.58. The van der Waals surface area contributed by atoms with Crippen molar-refractivity contribution in [3.8, 4) is 17.5 Å². The highest BCUT2D eigenvalue weighted by Gasteiger charge is 2.33. The molecule has 10 heteroatoms. The summed E-state index contributed by atoms with van der Waals surface area (Å²) in [6.45, 7) is 4.17. The van der Waals surface area contributed by atoms with Gasteiger partial charge in [0.1, 0.15) is 0 Å². The molecule has 1 atom stereocenters. The van der Waals surface area contributed by atoms with Crippen LogP contribution < -0.4 is 0 Å². The van der Waals surface area contributed by atoms with Crippen LogP contribution in [0.2, 0.25) is 5.02 Å². The van der Waals surface area contributed by atoms with E-state index in [-0.39, 0.29) is 17.8 Å². The van der Waals surface area contributed by atoms with Gasteiger partial charge in [-0.15, -0.1) is 5.10 Å². The summed E-state index contributed by atoms with van der Waals surface area (Å²) in [5.74, 6) is 1.06. The molecule has 3 aromatic heterocycles. The van der Waals surface area contributed by atoms with Gasteiger partial charge >= 0.3 is 0 Å². The normalized spacial score (nSPS) is 16.1. The molecule has 1 aromatic carbocycles. The molecule has 8 nitrogen and oxygen atoms in total. The highest BCUT2D eigenvalue weighted by Crippen LogP contribution is 2.42. The molecule has 0 aliphatic carbocycles. The molecular weight excluding hydrogens is 438 g/mol. The van der Waals surface area contributed by atoms with Crippen LogP contribution in [0.1, 0.15) is 23.4 Å². The molecule has 0 radical (unpaired) electrons. The number of fused-ring (bicyclic) bond motifs is 1. The van der Waals surface area contributed by atoms with Crippen LogP contribution in [0, 0.1) is 0 Å². The molecule has 31 heavy (non-hydrogen) atoms. The van der Waals surface area contributed by atoms with Crippen molar-refractivity contribution in [3.63, 3.8) is 0 Å². The van der Waals surface area contributed by atoms with Crippen LogP contribution in [0.25, 0.3) is 16.5 Å². The molecule has 160 valence electrons. The van der Waals surface area contributed by atoms with Crippen LogP contribution in [0.15, 0.2) is 47.1 Å². The molecule has 1 N–H and O–H groups in total. The minimum absolute atomic E-state index is 0.0317. The summed E-state index contributed by atoms with van der Waals surface area (Å²) in [6, 6.07) is 10.9. The number of aromatic hydroxyl groups is 1. The predicted octanol–water partition coefficient (Wildman–Crippen LogP) is 3.66. The van der Waals surface area contributed by atoms with E-state index in [4.69, 9.17) is 16.0 Å². The Balaban J connectivity index is 1.56. The maximum atomic E-state index is 11.8. The monoisotopic (exact) mass is 457 g/mol. The molecule has 5 rings (SSSR count). The number of amides is 1. The van der Waals surface area contributed by atoms with Crippen molar-refractivity contribution >= 4 is 33.8 Å². The molecule has 1 fully saturated rings. The topological polar surface area (TPSA) is 87.1 Å². The van der Waals surface area contributed by atoms with Gasteiger partial charge in [-0.2, -0.15) is 9.50 Å². The molecule has 0 saturated carbocycles. The maximum absolute atomic E-state index is 11.8. The number of carbonyl (C=O) groups excluding carboxylic acids is 1. The summed E-state index contributed by atoms with van der Waals surface area (Å²) in [7, 11) is 0. The first kappa shape index (κ1) is 20.0. The summed E-state index contributed by atoms with van der Waals surface area (Å²) in [4.78, 5) is 21.6. The van der Waals surface area contributed by atoms with Crippen LogP contribution in [-0.4, -0.2) is 61.6 Å². The molecule has 0 spiro atoms. The Hall–Kier alpha value is -2.88. The lowest BCUT2D eigenvalue weighted by Crippen LogP contribution is -2.49. The summed E-state index contributed by atoms with van der Waals surface area (Å²) < 4.78 is 6.81. The number of carbonyl (C=O) groups is 1. The fourth-order valence-electron chi connectivity index (χ4n) is 3.93. The number of aromatic nitrogens is 3. The van der Waals surface area contributed by atoms with Crippen LogP contribution in [0.5, 0.6) is 5.88 Å². The van der Waals surface area contributed by atoms with Gasteiger partial charge in [0.2, 0.25) is 22.6 Å². The summed E-state index contributed by atoms with van der Waals surface area (Å²) in [6.07, 6.45) is 1.56. The lowest BCUT2D eigenvalue weighted by Gasteiger charge is -2.39. The van der Waals surface area contributed by atoms with E-state index in [1.807, 2.05) is 29.2 Å². The minimum atomic E-state index is -0.275. The first-order chi connectivity index (χ1) is 15.0. The average Bonchev–Trinajstić information content (AvgIpc) is 3.49. The molecule has 0 bridgehead atoms. The van der Waals surface area contributed by atoms with E-state index < -0.39 is 0 Å². The van der Waals surface area contributed by atoms with Gasteiger partial charge in [0.05, 0.1) is 17.2 Å². The second-order valence-corrected chi connectivity index (χ2v) is 8.78. The van der Waals surface area contributed by atoms with Gasteiger partial charge in [0.15, 0.2) is 5.76 Å². The van der Waals surface area contributed by atoms with Gasteiger partial charge < -0.3 is 14.4 Å². The Kier molecular flexibility index (Phi) is 5.17. The SMILES string of the molecule is CC(=O)N1CCN([C@H](c2ccccc2Cl)c2sc3nc(-c4ccco4)nn3c2O)CC1. The van der Waals surface area contributed by atoms with Crippen LogP contribution in [0.3, 0.4) is 0 Å². The molecule has 1 aliphatic rings. The maximum Gasteiger partial charge on any atom is 0.230 e. The standard InChI is InChI=1S/C21H20ClN5O3S/c1-13(28)25-8-10-26(11-9-25)17(14-5-2-3-6-15(14)22)18-20(29)27-21(31-18)23-19(24-27)16-7-4-12-30-16/h2-7,12,17,29H,8-11H2,1H3/t17-/m1/s1. The van der Waals surface area contributed by atoms with E-state index in [1.165, 1.54) is 15.9 Å². The molecule has 1 saturated heterocycles. The number of piperazine rings is 1. The van der Waals surface area contributed by atoms with E-state index in [0.717, 1.165) is 5.56 Å². The zero-order valence-corrected chi connectivity index (χ0v) is 18.3. The van der Waals surface area contributed by atoms with Crippen molar-refractivity contribution in [1.29, 1.82) is 0 Å². The lowest BCUT2D eigenvalue weighted by molar-refractivity contribution is -0.130. The molecule has 4 aromatic rings. The number of thiazole rings is 1. The van der Waals surface area contributed by atoms with E-state index in [2.05, 4.69) is 15.0 Å². The second kappa shape index (κ2) is 7.99. The van der Waals surface area contributed by atoms with Crippen molar-refractivity contribution < 1.29 is 14.3 Å². The van der Waals surface area contributed by atoms with Gasteiger partial charge in [-0.25, -0.2) is 0 Å². The number of halogens is 1. The third-order valence-electron chi connectivity index (χ3n) is 5.51. The van der Waals surface area contributed by atoms with Crippen molar-refractivity contribution in [2.24, 2.45) is 0 Å². The molecule has 4 heterocycles.